The summed E-state index contributed by atoms with van der Waals surface area (Å²) in [5.74, 6) is 2.86. The van der Waals surface area contributed by atoms with E-state index < -0.39 is 0 Å². The van der Waals surface area contributed by atoms with E-state index in [-0.39, 0.29) is 6.10 Å². The van der Waals surface area contributed by atoms with E-state index in [1.807, 2.05) is 11.8 Å². The number of hydrogen-bond acceptors (Lipinski definition) is 3. The van der Waals surface area contributed by atoms with Gasteiger partial charge in [0.05, 0.1) is 6.10 Å². The fraction of sp³-hybridized carbons (Fsp3) is 0.600. The predicted molar refractivity (Wildman–Crippen MR) is 77.3 cm³/mol. The number of likely N-dealkylation sites (N-methyl/N-ethyl adjacent to an activating group) is 1. The summed E-state index contributed by atoms with van der Waals surface area (Å²) in [6, 6.07) is 8.99. The molecule has 0 spiro atoms. The maximum Gasteiger partial charge on any atom is 0.0709 e. The zero-order chi connectivity index (χ0) is 12.5. The smallest absolute Gasteiger partial charge is 0.0709 e. The number of rotatable bonds is 3. The van der Waals surface area contributed by atoms with Crippen molar-refractivity contribution in [2.45, 2.75) is 30.9 Å². The minimum atomic E-state index is -0.179. The van der Waals surface area contributed by atoms with Crippen molar-refractivity contribution in [2.24, 2.45) is 0 Å². The third-order valence-electron chi connectivity index (χ3n) is 4.37. The quantitative estimate of drug-likeness (QED) is 0.903. The molecule has 98 valence electrons. The molecule has 1 aromatic rings. The molecule has 3 atom stereocenters. The Balaban J connectivity index is 1.61. The highest BCUT2D eigenvalue weighted by molar-refractivity contribution is 7.99. The molecule has 0 radical (unpaired) electrons. The SMILES string of the molecule is CN1CCSCC1C(O)CC1Cc2ccccc21. The zero-order valence-electron chi connectivity index (χ0n) is 10.9. The summed E-state index contributed by atoms with van der Waals surface area (Å²) in [5, 5.41) is 10.5. The first-order valence-electron chi connectivity index (χ1n) is 6.79. The number of hydrogen-bond donors (Lipinski definition) is 1. The lowest BCUT2D eigenvalue weighted by molar-refractivity contribution is 0.0620. The monoisotopic (exact) mass is 263 g/mol. The Bertz CT molecular complexity index is 423. The molecule has 3 unspecified atom stereocenters. The van der Waals surface area contributed by atoms with Gasteiger partial charge in [-0.1, -0.05) is 24.3 Å². The maximum atomic E-state index is 10.5. The molecule has 3 heteroatoms. The molecule has 0 aromatic heterocycles. The summed E-state index contributed by atoms with van der Waals surface area (Å²) in [5.41, 5.74) is 2.93. The van der Waals surface area contributed by atoms with Gasteiger partial charge in [-0.2, -0.15) is 11.8 Å². The summed E-state index contributed by atoms with van der Waals surface area (Å²) >= 11 is 1.97. The number of nitrogens with zero attached hydrogens (tertiary/aromatic N) is 1. The Morgan fingerprint density at radius 1 is 1.44 bits per heavy atom. The van der Waals surface area contributed by atoms with E-state index in [0.717, 1.165) is 25.1 Å². The van der Waals surface area contributed by atoms with E-state index in [9.17, 15) is 5.11 Å². The van der Waals surface area contributed by atoms with Crippen molar-refractivity contribution < 1.29 is 5.11 Å². The number of aliphatic hydroxyl groups is 1. The van der Waals surface area contributed by atoms with Gasteiger partial charge in [-0.05, 0) is 36.9 Å². The molecule has 0 bridgehead atoms. The summed E-state index contributed by atoms with van der Waals surface area (Å²) in [6.07, 6.45) is 1.89. The van der Waals surface area contributed by atoms with E-state index >= 15 is 0 Å². The second-order valence-corrected chi connectivity index (χ2v) is 6.68. The van der Waals surface area contributed by atoms with E-state index in [2.05, 4.69) is 36.2 Å². The molecular weight excluding hydrogens is 242 g/mol. The molecule has 3 rings (SSSR count). The number of thioether (sulfide) groups is 1. The summed E-state index contributed by atoms with van der Waals surface area (Å²) in [6.45, 7) is 1.10. The predicted octanol–water partition coefficient (Wildman–Crippen LogP) is 2.12. The Morgan fingerprint density at radius 2 is 2.28 bits per heavy atom. The second-order valence-electron chi connectivity index (χ2n) is 5.53. The molecule has 1 fully saturated rings. The van der Waals surface area contributed by atoms with Crippen LogP contribution < -0.4 is 0 Å². The van der Waals surface area contributed by atoms with Gasteiger partial charge in [0.2, 0.25) is 0 Å². The van der Waals surface area contributed by atoms with Crippen LogP contribution in [-0.4, -0.2) is 47.3 Å². The van der Waals surface area contributed by atoms with Crippen LogP contribution in [0.5, 0.6) is 0 Å². The molecule has 18 heavy (non-hydrogen) atoms. The second kappa shape index (κ2) is 5.24. The van der Waals surface area contributed by atoms with E-state index in [1.54, 1.807) is 0 Å². The van der Waals surface area contributed by atoms with Gasteiger partial charge < -0.3 is 5.11 Å². The molecule has 1 saturated heterocycles. The van der Waals surface area contributed by atoms with Gasteiger partial charge in [0.15, 0.2) is 0 Å². The van der Waals surface area contributed by atoms with Crippen molar-refractivity contribution >= 4 is 11.8 Å². The van der Waals surface area contributed by atoms with Crippen LogP contribution in [0.3, 0.4) is 0 Å². The number of benzene rings is 1. The Morgan fingerprint density at radius 3 is 3.06 bits per heavy atom. The van der Waals surface area contributed by atoms with Gasteiger partial charge in [-0.15, -0.1) is 0 Å². The van der Waals surface area contributed by atoms with Gasteiger partial charge in [0, 0.05) is 24.1 Å². The van der Waals surface area contributed by atoms with Crippen molar-refractivity contribution in [3.8, 4) is 0 Å². The normalized spacial score (nSPS) is 29.4. The van der Waals surface area contributed by atoms with Crippen molar-refractivity contribution in [1.29, 1.82) is 0 Å². The Hall–Kier alpha value is -0.510. The third kappa shape index (κ3) is 2.31. The third-order valence-corrected chi connectivity index (χ3v) is 5.42. The lowest BCUT2D eigenvalue weighted by atomic mass is 9.74. The first-order chi connectivity index (χ1) is 8.75. The first kappa shape index (κ1) is 12.5. The van der Waals surface area contributed by atoms with Crippen LogP contribution >= 0.6 is 11.8 Å². The summed E-state index contributed by atoms with van der Waals surface area (Å²) in [7, 11) is 2.14. The van der Waals surface area contributed by atoms with Crippen molar-refractivity contribution in [2.75, 3.05) is 25.1 Å². The van der Waals surface area contributed by atoms with Crippen molar-refractivity contribution in [3.63, 3.8) is 0 Å². The Labute approximate surface area is 113 Å². The molecule has 1 aliphatic heterocycles. The van der Waals surface area contributed by atoms with Gasteiger partial charge in [0.1, 0.15) is 0 Å². The van der Waals surface area contributed by atoms with E-state index in [1.165, 1.54) is 16.9 Å². The van der Waals surface area contributed by atoms with Gasteiger partial charge in [-0.25, -0.2) is 0 Å². The summed E-state index contributed by atoms with van der Waals surface area (Å²) in [4.78, 5) is 2.33. The minimum Gasteiger partial charge on any atom is -0.391 e. The van der Waals surface area contributed by atoms with Gasteiger partial charge in [0.25, 0.3) is 0 Å². The molecule has 2 nitrogen and oxygen atoms in total. The summed E-state index contributed by atoms with van der Waals surface area (Å²) < 4.78 is 0. The van der Waals surface area contributed by atoms with Crippen LogP contribution in [0.25, 0.3) is 0 Å². The molecule has 0 saturated carbocycles. The highest BCUT2D eigenvalue weighted by Gasteiger charge is 2.32. The average molecular weight is 263 g/mol. The molecule has 1 aromatic carbocycles. The molecule has 1 aliphatic carbocycles. The lowest BCUT2D eigenvalue weighted by Crippen LogP contribution is -2.47. The average Bonchev–Trinajstić information content (AvgIpc) is 2.36. The Kier molecular flexibility index (Phi) is 3.64. The van der Waals surface area contributed by atoms with Crippen LogP contribution in [0, 0.1) is 0 Å². The van der Waals surface area contributed by atoms with Crippen LogP contribution in [0.15, 0.2) is 24.3 Å². The van der Waals surface area contributed by atoms with Crippen molar-refractivity contribution in [3.05, 3.63) is 35.4 Å². The molecular formula is C15H21NOS. The fourth-order valence-corrected chi connectivity index (χ4v) is 4.43. The number of aliphatic hydroxyl groups excluding tert-OH is 1. The van der Waals surface area contributed by atoms with Crippen LogP contribution in [-0.2, 0) is 6.42 Å². The standard InChI is InChI=1S/C15H21NOS/c1-16-6-7-18-10-14(16)15(17)9-12-8-11-4-2-3-5-13(11)12/h2-5,12,14-15,17H,6-10H2,1H3. The molecule has 1 N–H and O–H groups in total. The molecule has 1 heterocycles. The van der Waals surface area contributed by atoms with Crippen LogP contribution in [0.4, 0.5) is 0 Å². The van der Waals surface area contributed by atoms with E-state index in [4.69, 9.17) is 0 Å². The maximum absolute atomic E-state index is 10.5. The molecule has 2 aliphatic rings. The largest absolute Gasteiger partial charge is 0.391 e. The highest BCUT2D eigenvalue weighted by atomic mass is 32.2. The van der Waals surface area contributed by atoms with Gasteiger partial charge >= 0.3 is 0 Å². The first-order valence-corrected chi connectivity index (χ1v) is 7.95. The van der Waals surface area contributed by atoms with E-state index in [0.29, 0.717) is 12.0 Å². The molecule has 0 amide bonds. The number of fused-ring (bicyclic) bond motifs is 1. The highest BCUT2D eigenvalue weighted by Crippen LogP contribution is 2.39. The lowest BCUT2D eigenvalue weighted by Gasteiger charge is -2.39. The van der Waals surface area contributed by atoms with Gasteiger partial charge in [-0.3, -0.25) is 4.90 Å². The van der Waals surface area contributed by atoms with Crippen LogP contribution in [0.2, 0.25) is 0 Å². The van der Waals surface area contributed by atoms with Crippen molar-refractivity contribution in [1.82, 2.24) is 4.90 Å². The minimum absolute atomic E-state index is 0.179. The zero-order valence-corrected chi connectivity index (χ0v) is 11.7. The van der Waals surface area contributed by atoms with Crippen LogP contribution in [0.1, 0.15) is 23.5 Å². The topological polar surface area (TPSA) is 23.5 Å². The fourth-order valence-electron chi connectivity index (χ4n) is 3.13.